The van der Waals surface area contributed by atoms with Crippen molar-refractivity contribution in [3.05, 3.63) is 0 Å². The molecule has 4 heteroatoms. The number of hydrogen-bond acceptors (Lipinski definition) is 3. The molecule has 88 valence electrons. The molecule has 0 aliphatic heterocycles. The third-order valence-corrected chi connectivity index (χ3v) is 4.98. The number of nitrogens with one attached hydrogen (secondary N) is 1. The quantitative estimate of drug-likeness (QED) is 0.747. The minimum absolute atomic E-state index is 0.0966. The maximum Gasteiger partial charge on any atom is 0.233 e. The van der Waals surface area contributed by atoms with Crippen LogP contribution in [0.5, 0.6) is 0 Å². The second-order valence-electron chi connectivity index (χ2n) is 4.51. The molecule has 0 bridgehead atoms. The van der Waals surface area contributed by atoms with Crippen LogP contribution < -0.4 is 5.32 Å². The summed E-state index contributed by atoms with van der Waals surface area (Å²) in [7, 11) is 0. The molecule has 2 nitrogen and oxygen atoms in total. The second kappa shape index (κ2) is 6.04. The number of thiol groups is 1. The van der Waals surface area contributed by atoms with Gasteiger partial charge in [-0.05, 0) is 25.0 Å². The van der Waals surface area contributed by atoms with Crippen LogP contribution in [0.4, 0.5) is 0 Å². The van der Waals surface area contributed by atoms with E-state index in [-0.39, 0.29) is 11.2 Å². The summed E-state index contributed by atoms with van der Waals surface area (Å²) in [5.74, 6) is 0.391. The molecule has 3 atom stereocenters. The number of hydrogen-bond donors (Lipinski definition) is 2. The smallest absolute Gasteiger partial charge is 0.233 e. The van der Waals surface area contributed by atoms with Gasteiger partial charge in [-0.15, -0.1) is 0 Å². The van der Waals surface area contributed by atoms with Crippen LogP contribution in [0.25, 0.3) is 0 Å². The van der Waals surface area contributed by atoms with Crippen molar-refractivity contribution < 1.29 is 4.79 Å². The zero-order valence-electron chi connectivity index (χ0n) is 9.69. The van der Waals surface area contributed by atoms with E-state index in [1.807, 2.05) is 25.6 Å². The normalized spacial score (nSPS) is 28.1. The molecule has 1 fully saturated rings. The van der Waals surface area contributed by atoms with E-state index in [9.17, 15) is 4.79 Å². The predicted molar refractivity (Wildman–Crippen MR) is 70.7 cm³/mol. The molecule has 1 aliphatic rings. The van der Waals surface area contributed by atoms with Crippen molar-refractivity contribution in [1.82, 2.24) is 5.32 Å². The summed E-state index contributed by atoms with van der Waals surface area (Å²) in [6.45, 7) is 4.05. The van der Waals surface area contributed by atoms with Gasteiger partial charge in [0, 0.05) is 11.3 Å². The highest BCUT2D eigenvalue weighted by molar-refractivity contribution is 7.99. The molecule has 3 unspecified atom stereocenters. The first-order valence-electron chi connectivity index (χ1n) is 5.57. The number of carbonyl (C=O) groups is 1. The highest BCUT2D eigenvalue weighted by atomic mass is 32.2. The Hall–Kier alpha value is 0.170. The predicted octanol–water partition coefficient (Wildman–Crippen LogP) is 2.34. The maximum atomic E-state index is 11.8. The van der Waals surface area contributed by atoms with Crippen molar-refractivity contribution in [2.24, 2.45) is 5.92 Å². The van der Waals surface area contributed by atoms with Gasteiger partial charge in [0.15, 0.2) is 0 Å². The number of thioether (sulfide) groups is 1. The van der Waals surface area contributed by atoms with Crippen molar-refractivity contribution in [3.8, 4) is 0 Å². The molecule has 1 saturated carbocycles. The minimum Gasteiger partial charge on any atom is -0.351 e. The van der Waals surface area contributed by atoms with E-state index >= 15 is 0 Å². The first-order valence-corrected chi connectivity index (χ1v) is 7.38. The summed E-state index contributed by atoms with van der Waals surface area (Å²) in [5, 5.41) is 3.55. The maximum absolute atomic E-state index is 11.8. The molecule has 0 aromatic heterocycles. The lowest BCUT2D eigenvalue weighted by Gasteiger charge is -2.22. The van der Waals surface area contributed by atoms with Gasteiger partial charge in [0.1, 0.15) is 0 Å². The van der Waals surface area contributed by atoms with Gasteiger partial charge >= 0.3 is 0 Å². The van der Waals surface area contributed by atoms with Gasteiger partial charge < -0.3 is 5.32 Å². The second-order valence-corrected chi connectivity index (χ2v) is 6.14. The van der Waals surface area contributed by atoms with E-state index < -0.39 is 0 Å². The van der Waals surface area contributed by atoms with Gasteiger partial charge in [0.05, 0.1) is 5.25 Å². The number of rotatable bonds is 4. The van der Waals surface area contributed by atoms with E-state index in [4.69, 9.17) is 0 Å². The van der Waals surface area contributed by atoms with E-state index in [2.05, 4.69) is 24.2 Å². The molecule has 1 rings (SSSR count). The third-order valence-electron chi connectivity index (χ3n) is 2.98. The fourth-order valence-electron chi connectivity index (χ4n) is 1.94. The summed E-state index contributed by atoms with van der Waals surface area (Å²) in [6, 6.07) is 0.362. The van der Waals surface area contributed by atoms with Crippen LogP contribution in [0.15, 0.2) is 0 Å². The third kappa shape index (κ3) is 3.59. The Morgan fingerprint density at radius 2 is 2.13 bits per heavy atom. The van der Waals surface area contributed by atoms with Crippen LogP contribution in [-0.4, -0.2) is 28.7 Å². The van der Waals surface area contributed by atoms with Crippen LogP contribution in [0.3, 0.4) is 0 Å². The van der Waals surface area contributed by atoms with Gasteiger partial charge in [0.2, 0.25) is 5.91 Å². The molecule has 0 radical (unpaired) electrons. The van der Waals surface area contributed by atoms with Crippen LogP contribution in [0, 0.1) is 5.92 Å². The Morgan fingerprint density at radius 1 is 1.47 bits per heavy atom. The Morgan fingerprint density at radius 3 is 2.67 bits per heavy atom. The SMILES string of the molecule is CSC1CCCC1NC(=O)C(S)C(C)C. The lowest BCUT2D eigenvalue weighted by molar-refractivity contribution is -0.121. The average Bonchev–Trinajstić information content (AvgIpc) is 2.63. The molecular weight excluding hydrogens is 226 g/mol. The summed E-state index contributed by atoms with van der Waals surface area (Å²) in [5.41, 5.74) is 0. The largest absolute Gasteiger partial charge is 0.351 e. The van der Waals surface area contributed by atoms with Crippen LogP contribution in [0.2, 0.25) is 0 Å². The first kappa shape index (κ1) is 13.2. The Kier molecular flexibility index (Phi) is 5.33. The van der Waals surface area contributed by atoms with Crippen LogP contribution >= 0.6 is 24.4 Å². The fraction of sp³-hybridized carbons (Fsp3) is 0.909. The van der Waals surface area contributed by atoms with Crippen molar-refractivity contribution >= 4 is 30.3 Å². The van der Waals surface area contributed by atoms with Crippen molar-refractivity contribution in [2.45, 2.75) is 49.7 Å². The summed E-state index contributed by atoms with van der Waals surface area (Å²) in [4.78, 5) is 11.8. The number of carbonyl (C=O) groups excluding carboxylic acids is 1. The minimum atomic E-state index is -0.173. The van der Waals surface area contributed by atoms with Crippen molar-refractivity contribution in [1.29, 1.82) is 0 Å². The fourth-order valence-corrected chi connectivity index (χ4v) is 2.95. The summed E-state index contributed by atoms with van der Waals surface area (Å²) < 4.78 is 0. The Labute approximate surface area is 102 Å². The van der Waals surface area contributed by atoms with Gasteiger partial charge in [-0.2, -0.15) is 24.4 Å². The molecule has 0 aromatic carbocycles. The molecular formula is C11H21NOS2. The highest BCUT2D eigenvalue weighted by Crippen LogP contribution is 2.28. The van der Waals surface area contributed by atoms with Gasteiger partial charge in [-0.3, -0.25) is 4.79 Å². The van der Waals surface area contributed by atoms with Gasteiger partial charge in [0.25, 0.3) is 0 Å². The van der Waals surface area contributed by atoms with E-state index in [0.29, 0.717) is 17.2 Å². The molecule has 0 heterocycles. The van der Waals surface area contributed by atoms with E-state index in [1.165, 1.54) is 12.8 Å². The molecule has 0 aromatic rings. The molecule has 15 heavy (non-hydrogen) atoms. The van der Waals surface area contributed by atoms with Gasteiger partial charge in [-0.1, -0.05) is 20.3 Å². The lowest BCUT2D eigenvalue weighted by Crippen LogP contribution is -2.43. The highest BCUT2D eigenvalue weighted by Gasteiger charge is 2.29. The Balaban J connectivity index is 2.43. The van der Waals surface area contributed by atoms with Crippen LogP contribution in [-0.2, 0) is 4.79 Å². The molecule has 1 N–H and O–H groups in total. The Bertz CT molecular complexity index is 221. The van der Waals surface area contributed by atoms with E-state index in [0.717, 1.165) is 6.42 Å². The standard InChI is InChI=1S/C11H21NOS2/c1-7(2)10(14)11(13)12-8-5-4-6-9(8)15-3/h7-10,14H,4-6H2,1-3H3,(H,12,13). The number of amides is 1. The lowest BCUT2D eigenvalue weighted by atomic mass is 10.1. The van der Waals surface area contributed by atoms with E-state index in [1.54, 1.807) is 0 Å². The molecule has 0 spiro atoms. The molecule has 0 saturated heterocycles. The molecule has 1 amide bonds. The molecule has 1 aliphatic carbocycles. The van der Waals surface area contributed by atoms with Crippen molar-refractivity contribution in [3.63, 3.8) is 0 Å². The van der Waals surface area contributed by atoms with Crippen LogP contribution in [0.1, 0.15) is 33.1 Å². The average molecular weight is 247 g/mol. The first-order chi connectivity index (χ1) is 7.06. The topological polar surface area (TPSA) is 29.1 Å². The zero-order valence-corrected chi connectivity index (χ0v) is 11.4. The van der Waals surface area contributed by atoms with Crippen molar-refractivity contribution in [2.75, 3.05) is 6.26 Å². The summed E-state index contributed by atoms with van der Waals surface area (Å²) in [6.07, 6.45) is 5.70. The zero-order chi connectivity index (χ0) is 11.4. The monoisotopic (exact) mass is 247 g/mol. The van der Waals surface area contributed by atoms with Gasteiger partial charge in [-0.25, -0.2) is 0 Å². The summed E-state index contributed by atoms with van der Waals surface area (Å²) >= 11 is 6.20.